The average Bonchev–Trinajstić information content (AvgIpc) is 3.26. The summed E-state index contributed by atoms with van der Waals surface area (Å²) in [5.41, 5.74) is -0.761. The molecule has 4 nitrogen and oxygen atoms in total. The van der Waals surface area contributed by atoms with Gasteiger partial charge >= 0.3 is 0 Å². The van der Waals surface area contributed by atoms with E-state index >= 15 is 4.39 Å². The van der Waals surface area contributed by atoms with Gasteiger partial charge in [-0.2, -0.15) is 0 Å². The molecule has 4 aliphatic carbocycles. The van der Waals surface area contributed by atoms with Crippen LogP contribution in [0, 0.1) is 34.5 Å². The Morgan fingerprint density at radius 2 is 2.07 bits per heavy atom. The third kappa shape index (κ3) is 1.90. The van der Waals surface area contributed by atoms with Crippen molar-refractivity contribution in [3.05, 3.63) is 23.8 Å². The minimum Gasteiger partial charge on any atom is -0.389 e. The molecule has 1 aliphatic heterocycles. The lowest BCUT2D eigenvalue weighted by Crippen LogP contribution is -2.59. The SMILES string of the molecule is C[C@@H]1C[C@H]2[C@@H]3C[C@H](F)C4=CC(=O)C=C[C@]4(C)[C@@]34O[C@H]4C[C@]2(C)[C@H]1C(=O)CO. The monoisotopic (exact) mass is 374 g/mol. The van der Waals surface area contributed by atoms with Gasteiger partial charge in [0.25, 0.3) is 0 Å². The van der Waals surface area contributed by atoms with Gasteiger partial charge in [-0.15, -0.1) is 0 Å². The molecule has 5 aliphatic rings. The third-order valence-corrected chi connectivity index (χ3v) is 8.76. The molecule has 1 saturated heterocycles. The lowest BCUT2D eigenvalue weighted by atomic mass is 9.47. The van der Waals surface area contributed by atoms with Crippen molar-refractivity contribution in [2.75, 3.05) is 6.61 Å². The summed E-state index contributed by atoms with van der Waals surface area (Å²) in [6, 6.07) is 0. The van der Waals surface area contributed by atoms with Crippen LogP contribution in [-0.2, 0) is 14.3 Å². The molecule has 0 amide bonds. The Morgan fingerprint density at radius 1 is 1.33 bits per heavy atom. The van der Waals surface area contributed by atoms with Gasteiger partial charge < -0.3 is 9.84 Å². The van der Waals surface area contributed by atoms with Crippen molar-refractivity contribution in [2.45, 2.75) is 57.9 Å². The molecular formula is C22H27FO4. The van der Waals surface area contributed by atoms with E-state index in [0.29, 0.717) is 12.0 Å². The molecule has 0 aromatic rings. The number of carbonyl (C=O) groups excluding carboxylic acids is 2. The maximum atomic E-state index is 15.3. The van der Waals surface area contributed by atoms with Crippen LogP contribution < -0.4 is 0 Å². The van der Waals surface area contributed by atoms with Crippen LogP contribution in [0.3, 0.4) is 0 Å². The predicted octanol–water partition coefficient (Wildman–Crippen LogP) is 2.80. The quantitative estimate of drug-likeness (QED) is 0.755. The van der Waals surface area contributed by atoms with Crippen molar-refractivity contribution in [3.8, 4) is 0 Å². The van der Waals surface area contributed by atoms with Crippen LogP contribution in [0.1, 0.15) is 40.0 Å². The summed E-state index contributed by atoms with van der Waals surface area (Å²) in [6.07, 6.45) is 5.67. The largest absolute Gasteiger partial charge is 0.389 e. The van der Waals surface area contributed by atoms with E-state index in [2.05, 4.69) is 13.8 Å². The number of allylic oxidation sites excluding steroid dienone is 2. The van der Waals surface area contributed by atoms with Crippen molar-refractivity contribution in [2.24, 2.45) is 34.5 Å². The summed E-state index contributed by atoms with van der Waals surface area (Å²) >= 11 is 0. The van der Waals surface area contributed by atoms with E-state index in [1.807, 2.05) is 13.0 Å². The van der Waals surface area contributed by atoms with Gasteiger partial charge in [0.1, 0.15) is 18.4 Å². The van der Waals surface area contributed by atoms with Gasteiger partial charge in [-0.3, -0.25) is 9.59 Å². The van der Waals surface area contributed by atoms with Crippen LogP contribution in [0.5, 0.6) is 0 Å². The van der Waals surface area contributed by atoms with Crippen LogP contribution >= 0.6 is 0 Å². The number of ketones is 2. The topological polar surface area (TPSA) is 66.9 Å². The first-order valence-corrected chi connectivity index (χ1v) is 10.1. The number of halogens is 1. The number of hydrogen-bond donors (Lipinski definition) is 1. The highest BCUT2D eigenvalue weighted by molar-refractivity contribution is 6.01. The zero-order valence-electron chi connectivity index (χ0n) is 16.1. The summed E-state index contributed by atoms with van der Waals surface area (Å²) in [4.78, 5) is 24.4. The number of rotatable bonds is 2. The standard InChI is InChI=1S/C22H27FO4/c1-11-6-13-14-8-16(23)15-7-12(25)4-5-21(15,3)22(14)18(27-22)9-20(13,2)19(11)17(26)10-24/h4-5,7,11,13-14,16,18-19,24H,6,8-10H2,1-3H3/t11-,13+,14+,16+,18+,19-,20+,21+,22-/m1/s1. The highest BCUT2D eigenvalue weighted by atomic mass is 19.1. The molecule has 146 valence electrons. The Balaban J connectivity index is 1.60. The number of aliphatic hydroxyl groups excluding tert-OH is 1. The predicted molar refractivity (Wildman–Crippen MR) is 96.5 cm³/mol. The molecule has 0 radical (unpaired) electrons. The van der Waals surface area contributed by atoms with Gasteiger partial charge in [-0.05, 0) is 67.1 Å². The van der Waals surface area contributed by atoms with Gasteiger partial charge in [0.2, 0.25) is 0 Å². The van der Waals surface area contributed by atoms with E-state index in [0.717, 1.165) is 12.8 Å². The summed E-state index contributed by atoms with van der Waals surface area (Å²) in [7, 11) is 0. The number of epoxide rings is 1. The van der Waals surface area contributed by atoms with Crippen LogP contribution in [0.2, 0.25) is 0 Å². The fraction of sp³-hybridized carbons (Fsp3) is 0.727. The Kier molecular flexibility index (Phi) is 3.40. The fourth-order valence-corrected chi connectivity index (χ4v) is 7.79. The molecule has 27 heavy (non-hydrogen) atoms. The molecule has 9 atom stereocenters. The summed E-state index contributed by atoms with van der Waals surface area (Å²) < 4.78 is 21.7. The van der Waals surface area contributed by atoms with Crippen molar-refractivity contribution in [1.82, 2.24) is 0 Å². The van der Waals surface area contributed by atoms with Gasteiger partial charge in [0, 0.05) is 11.3 Å². The maximum Gasteiger partial charge on any atom is 0.178 e. The molecule has 0 aromatic heterocycles. The Bertz CT molecular complexity index is 802. The van der Waals surface area contributed by atoms with E-state index in [4.69, 9.17) is 4.74 Å². The van der Waals surface area contributed by atoms with E-state index in [-0.39, 0.29) is 46.8 Å². The first kappa shape index (κ1) is 17.7. The Labute approximate surface area is 158 Å². The zero-order chi connectivity index (χ0) is 19.4. The van der Waals surface area contributed by atoms with E-state index in [1.54, 1.807) is 6.08 Å². The minimum atomic E-state index is -1.16. The summed E-state index contributed by atoms with van der Waals surface area (Å²) in [5.74, 6) is -0.0461. The Morgan fingerprint density at radius 3 is 2.78 bits per heavy atom. The number of carbonyl (C=O) groups is 2. The van der Waals surface area contributed by atoms with Gasteiger partial charge in [-0.25, -0.2) is 4.39 Å². The highest BCUT2D eigenvalue weighted by Gasteiger charge is 2.80. The number of ether oxygens (including phenoxy) is 1. The maximum absolute atomic E-state index is 15.3. The van der Waals surface area contributed by atoms with Gasteiger partial charge in [0.05, 0.1) is 6.10 Å². The molecule has 5 rings (SSSR count). The molecule has 1 heterocycles. The second-order valence-electron chi connectivity index (χ2n) is 9.88. The lowest BCUT2D eigenvalue weighted by Gasteiger charge is -2.55. The number of aliphatic hydroxyl groups is 1. The second kappa shape index (κ2) is 5.18. The van der Waals surface area contributed by atoms with Gasteiger partial charge in [0.15, 0.2) is 11.6 Å². The summed E-state index contributed by atoms with van der Waals surface area (Å²) in [6.45, 7) is 5.81. The van der Waals surface area contributed by atoms with E-state index in [9.17, 15) is 14.7 Å². The average molecular weight is 374 g/mol. The van der Waals surface area contributed by atoms with Gasteiger partial charge in [-0.1, -0.05) is 19.9 Å². The lowest BCUT2D eigenvalue weighted by molar-refractivity contribution is -0.132. The highest BCUT2D eigenvalue weighted by Crippen LogP contribution is 2.76. The molecule has 0 bridgehead atoms. The fourth-order valence-electron chi connectivity index (χ4n) is 7.79. The van der Waals surface area contributed by atoms with Crippen molar-refractivity contribution in [1.29, 1.82) is 0 Å². The van der Waals surface area contributed by atoms with Crippen molar-refractivity contribution < 1.29 is 23.8 Å². The molecular weight excluding hydrogens is 347 g/mol. The van der Waals surface area contributed by atoms with E-state index < -0.39 is 23.8 Å². The first-order chi connectivity index (χ1) is 12.7. The number of alkyl halides is 1. The molecule has 0 unspecified atom stereocenters. The molecule has 4 fully saturated rings. The van der Waals surface area contributed by atoms with Crippen LogP contribution in [0.25, 0.3) is 0 Å². The minimum absolute atomic E-state index is 0.0233. The molecule has 5 heteroatoms. The molecule has 1 N–H and O–H groups in total. The van der Waals surface area contributed by atoms with Crippen molar-refractivity contribution >= 4 is 11.6 Å². The number of hydrogen-bond acceptors (Lipinski definition) is 4. The van der Waals surface area contributed by atoms with Crippen LogP contribution in [-0.4, -0.2) is 41.2 Å². The number of Topliss-reactive ketones (excluding diaryl/α,β-unsaturated/α-hetero) is 1. The molecule has 0 aromatic carbocycles. The molecule has 3 saturated carbocycles. The second-order valence-corrected chi connectivity index (χ2v) is 9.88. The zero-order valence-corrected chi connectivity index (χ0v) is 16.1. The smallest absolute Gasteiger partial charge is 0.178 e. The first-order valence-electron chi connectivity index (χ1n) is 10.1. The summed E-state index contributed by atoms with van der Waals surface area (Å²) in [5, 5.41) is 9.50. The van der Waals surface area contributed by atoms with Crippen molar-refractivity contribution in [3.63, 3.8) is 0 Å². The molecule has 1 spiro atoms. The van der Waals surface area contributed by atoms with Crippen LogP contribution in [0.4, 0.5) is 4.39 Å². The van der Waals surface area contributed by atoms with E-state index in [1.165, 1.54) is 6.08 Å². The van der Waals surface area contributed by atoms with Crippen LogP contribution in [0.15, 0.2) is 23.8 Å². The third-order valence-electron chi connectivity index (χ3n) is 8.76. The normalized spacial score (nSPS) is 55.1. The number of fused-ring (bicyclic) bond motifs is 3. The Hall–Kier alpha value is -1.33.